The number of nitrogens with zero attached hydrogens (tertiary/aromatic N) is 1. The molecule has 1 aromatic rings. The van der Waals surface area contributed by atoms with Gasteiger partial charge in [0.25, 0.3) is 0 Å². The summed E-state index contributed by atoms with van der Waals surface area (Å²) in [5.74, 6) is -3.44. The molecule has 0 spiro atoms. The molecule has 20 heavy (non-hydrogen) atoms. The Morgan fingerprint density at radius 3 is 2.70 bits per heavy atom. The minimum Gasteiger partial charge on any atom is -0.479 e. The van der Waals surface area contributed by atoms with Gasteiger partial charge < -0.3 is 10.0 Å². The van der Waals surface area contributed by atoms with E-state index in [4.69, 9.17) is 0 Å². The zero-order chi connectivity index (χ0) is 14.9. The van der Waals surface area contributed by atoms with E-state index in [0.717, 1.165) is 17.0 Å². The second-order valence-electron chi connectivity index (χ2n) is 4.68. The number of carboxylic acid groups (broad SMARTS) is 1. The van der Waals surface area contributed by atoms with Crippen molar-refractivity contribution in [3.05, 3.63) is 35.4 Å². The molecule has 0 bridgehead atoms. The van der Waals surface area contributed by atoms with Crippen LogP contribution in [0.15, 0.2) is 18.2 Å². The minimum atomic E-state index is -1.42. The molecule has 1 aliphatic heterocycles. The Morgan fingerprint density at radius 2 is 2.20 bits per heavy atom. The first-order valence-corrected chi connectivity index (χ1v) is 7.09. The van der Waals surface area contributed by atoms with Gasteiger partial charge in [-0.2, -0.15) is 0 Å². The number of benzene rings is 1. The first-order valence-electron chi connectivity index (χ1n) is 5.97. The highest BCUT2D eigenvalue weighted by Gasteiger charge is 2.39. The fourth-order valence-electron chi connectivity index (χ4n) is 2.32. The van der Waals surface area contributed by atoms with Crippen molar-refractivity contribution in [1.29, 1.82) is 0 Å². The number of halogens is 3. The molecule has 1 N–H and O–H groups in total. The van der Waals surface area contributed by atoms with E-state index in [1.165, 1.54) is 0 Å². The van der Waals surface area contributed by atoms with Crippen LogP contribution >= 0.6 is 15.9 Å². The normalized spacial score (nSPS) is 20.2. The van der Waals surface area contributed by atoms with E-state index < -0.39 is 23.6 Å². The lowest BCUT2D eigenvalue weighted by atomic mass is 10.0. The Labute approximate surface area is 122 Å². The third-order valence-corrected chi connectivity index (χ3v) is 4.18. The van der Waals surface area contributed by atoms with E-state index in [-0.39, 0.29) is 30.4 Å². The number of carboxylic acids is 1. The molecule has 0 aromatic heterocycles. The topological polar surface area (TPSA) is 57.6 Å². The Bertz CT molecular complexity index is 552. The standard InChI is InChI=1S/C13H12BrF2NO3/c14-5-7-3-11(18)17(6-7)12(13(19)20)9-2-1-8(15)4-10(9)16/h1-2,4,7,12H,3,5-6H2,(H,19,20). The van der Waals surface area contributed by atoms with Crippen LogP contribution in [0.1, 0.15) is 18.0 Å². The first-order chi connectivity index (χ1) is 9.43. The van der Waals surface area contributed by atoms with E-state index in [0.29, 0.717) is 11.4 Å². The van der Waals surface area contributed by atoms with Crippen LogP contribution < -0.4 is 0 Å². The Balaban J connectivity index is 2.37. The van der Waals surface area contributed by atoms with Crippen molar-refractivity contribution in [3.63, 3.8) is 0 Å². The van der Waals surface area contributed by atoms with Gasteiger partial charge in [-0.1, -0.05) is 22.0 Å². The molecule has 0 saturated carbocycles. The molecule has 1 amide bonds. The largest absolute Gasteiger partial charge is 0.479 e. The molecule has 0 aliphatic carbocycles. The predicted molar refractivity (Wildman–Crippen MR) is 70.3 cm³/mol. The Hall–Kier alpha value is -1.50. The second-order valence-corrected chi connectivity index (χ2v) is 5.32. The van der Waals surface area contributed by atoms with Crippen LogP contribution in [0.5, 0.6) is 0 Å². The number of hydrogen-bond acceptors (Lipinski definition) is 2. The van der Waals surface area contributed by atoms with Gasteiger partial charge in [-0.25, -0.2) is 13.6 Å². The number of hydrogen-bond donors (Lipinski definition) is 1. The number of rotatable bonds is 4. The van der Waals surface area contributed by atoms with Gasteiger partial charge in [0.15, 0.2) is 6.04 Å². The molecule has 108 valence electrons. The molecule has 1 heterocycles. The van der Waals surface area contributed by atoms with Crippen LogP contribution in [0.3, 0.4) is 0 Å². The molecule has 7 heteroatoms. The van der Waals surface area contributed by atoms with Gasteiger partial charge in [-0.15, -0.1) is 0 Å². The third kappa shape index (κ3) is 2.82. The molecule has 4 nitrogen and oxygen atoms in total. The predicted octanol–water partition coefficient (Wildman–Crippen LogP) is 2.33. The lowest BCUT2D eigenvalue weighted by molar-refractivity contribution is -0.148. The van der Waals surface area contributed by atoms with Crippen molar-refractivity contribution < 1.29 is 23.5 Å². The van der Waals surface area contributed by atoms with Gasteiger partial charge in [0, 0.05) is 29.9 Å². The fraction of sp³-hybridized carbons (Fsp3) is 0.385. The highest BCUT2D eigenvalue weighted by atomic mass is 79.9. The van der Waals surface area contributed by atoms with Gasteiger partial charge >= 0.3 is 5.97 Å². The van der Waals surface area contributed by atoms with Gasteiger partial charge in [-0.05, 0) is 12.0 Å². The van der Waals surface area contributed by atoms with Crippen molar-refractivity contribution >= 4 is 27.8 Å². The van der Waals surface area contributed by atoms with Crippen LogP contribution in [-0.4, -0.2) is 33.8 Å². The number of likely N-dealkylation sites (tertiary alicyclic amines) is 1. The van der Waals surface area contributed by atoms with Crippen LogP contribution in [0.4, 0.5) is 8.78 Å². The summed E-state index contributed by atoms with van der Waals surface area (Å²) in [6.45, 7) is 0.234. The zero-order valence-electron chi connectivity index (χ0n) is 10.4. The SMILES string of the molecule is O=C(O)C(c1ccc(F)cc1F)N1CC(CBr)CC1=O. The average Bonchev–Trinajstić information content (AvgIpc) is 2.73. The lowest BCUT2D eigenvalue weighted by Gasteiger charge is -2.25. The summed E-state index contributed by atoms with van der Waals surface area (Å²) in [4.78, 5) is 24.4. The molecule has 0 radical (unpaired) electrons. The van der Waals surface area contributed by atoms with E-state index in [1.54, 1.807) is 0 Å². The monoisotopic (exact) mass is 347 g/mol. The maximum Gasteiger partial charge on any atom is 0.331 e. The van der Waals surface area contributed by atoms with Crippen molar-refractivity contribution in [3.8, 4) is 0 Å². The highest BCUT2D eigenvalue weighted by Crippen LogP contribution is 2.31. The molecule has 1 saturated heterocycles. The molecule has 2 unspecified atom stereocenters. The van der Waals surface area contributed by atoms with Crippen LogP contribution in [-0.2, 0) is 9.59 Å². The van der Waals surface area contributed by atoms with E-state index in [2.05, 4.69) is 15.9 Å². The average molecular weight is 348 g/mol. The third-order valence-electron chi connectivity index (χ3n) is 3.26. The number of amides is 1. The molecule has 1 aromatic carbocycles. The van der Waals surface area contributed by atoms with Gasteiger partial charge in [0.2, 0.25) is 5.91 Å². The molecular weight excluding hydrogens is 336 g/mol. The summed E-state index contributed by atoms with van der Waals surface area (Å²) < 4.78 is 26.7. The Morgan fingerprint density at radius 1 is 1.50 bits per heavy atom. The van der Waals surface area contributed by atoms with Crippen LogP contribution in [0, 0.1) is 17.6 Å². The summed E-state index contributed by atoms with van der Waals surface area (Å²) >= 11 is 3.25. The summed E-state index contributed by atoms with van der Waals surface area (Å²) in [6.07, 6.45) is 0.220. The van der Waals surface area contributed by atoms with Crippen molar-refractivity contribution in [2.75, 3.05) is 11.9 Å². The molecule has 1 fully saturated rings. The van der Waals surface area contributed by atoms with Gasteiger partial charge in [-0.3, -0.25) is 4.79 Å². The fourth-order valence-corrected chi connectivity index (χ4v) is 2.75. The lowest BCUT2D eigenvalue weighted by Crippen LogP contribution is -2.36. The number of carbonyl (C=O) groups is 2. The van der Waals surface area contributed by atoms with E-state index >= 15 is 0 Å². The quantitative estimate of drug-likeness (QED) is 0.850. The van der Waals surface area contributed by atoms with Gasteiger partial charge in [0.05, 0.1) is 0 Å². The summed E-state index contributed by atoms with van der Waals surface area (Å²) in [5.41, 5.74) is -0.206. The molecule has 2 atom stereocenters. The molecular formula is C13H12BrF2NO3. The second kappa shape index (κ2) is 5.87. The van der Waals surface area contributed by atoms with E-state index in [1.807, 2.05) is 0 Å². The zero-order valence-corrected chi connectivity index (χ0v) is 11.9. The van der Waals surface area contributed by atoms with Gasteiger partial charge in [0.1, 0.15) is 11.6 Å². The summed E-state index contributed by atoms with van der Waals surface area (Å²) in [7, 11) is 0. The number of alkyl halides is 1. The smallest absolute Gasteiger partial charge is 0.331 e. The first kappa shape index (κ1) is 14.9. The van der Waals surface area contributed by atoms with Crippen LogP contribution in [0.25, 0.3) is 0 Å². The Kier molecular flexibility index (Phi) is 4.37. The summed E-state index contributed by atoms with van der Waals surface area (Å²) in [5, 5.41) is 9.85. The van der Waals surface area contributed by atoms with Crippen molar-refractivity contribution in [2.45, 2.75) is 12.5 Å². The number of aliphatic carboxylic acids is 1. The number of carbonyl (C=O) groups excluding carboxylic acids is 1. The highest BCUT2D eigenvalue weighted by molar-refractivity contribution is 9.09. The maximum atomic E-state index is 13.8. The van der Waals surface area contributed by atoms with E-state index in [9.17, 15) is 23.5 Å². The van der Waals surface area contributed by atoms with Crippen molar-refractivity contribution in [2.24, 2.45) is 5.92 Å². The minimum absolute atomic E-state index is 0.00661. The van der Waals surface area contributed by atoms with Crippen LogP contribution in [0.2, 0.25) is 0 Å². The maximum absolute atomic E-state index is 13.8. The van der Waals surface area contributed by atoms with Crippen molar-refractivity contribution in [1.82, 2.24) is 4.90 Å². The summed E-state index contributed by atoms with van der Waals surface area (Å²) in [6, 6.07) is 1.25. The molecule has 1 aliphatic rings. The molecule has 2 rings (SSSR count).